The number of aldehydes is 2. The molecule has 0 fully saturated rings. The average Bonchev–Trinajstić information content (AvgIpc) is 2.55. The molecule has 2 nitrogen and oxygen atoms in total. The van der Waals surface area contributed by atoms with E-state index >= 15 is 0 Å². The van der Waals surface area contributed by atoms with Crippen LogP contribution in [0.25, 0.3) is 0 Å². The Balaban J connectivity index is 0.000000277. The Morgan fingerprint density at radius 2 is 1.39 bits per heavy atom. The Kier molecular flexibility index (Phi) is 7.90. The summed E-state index contributed by atoms with van der Waals surface area (Å²) < 4.78 is 1.10. The molecule has 0 aromatic heterocycles. The molecule has 2 rings (SSSR count). The molecule has 23 heavy (non-hydrogen) atoms. The van der Waals surface area contributed by atoms with Crippen molar-refractivity contribution in [3.63, 3.8) is 0 Å². The molecule has 0 heterocycles. The lowest BCUT2D eigenvalue weighted by molar-refractivity contribution is 0.111. The van der Waals surface area contributed by atoms with Crippen LogP contribution in [0.4, 0.5) is 0 Å². The Bertz CT molecular complexity index is 646. The number of carbonyl (C=O) groups is 2. The summed E-state index contributed by atoms with van der Waals surface area (Å²) in [6.45, 7) is 8.46. The smallest absolute Gasteiger partial charge is 0.150 e. The van der Waals surface area contributed by atoms with Crippen LogP contribution in [0.5, 0.6) is 0 Å². The summed E-state index contributed by atoms with van der Waals surface area (Å²) in [6, 6.07) is 13.2. The van der Waals surface area contributed by atoms with Gasteiger partial charge in [0.05, 0.1) is 0 Å². The van der Waals surface area contributed by atoms with E-state index in [-0.39, 0.29) is 0 Å². The second kappa shape index (κ2) is 9.41. The lowest BCUT2D eigenvalue weighted by Gasteiger charge is -2.15. The van der Waals surface area contributed by atoms with Crippen molar-refractivity contribution in [2.45, 2.75) is 39.5 Å². The summed E-state index contributed by atoms with van der Waals surface area (Å²) in [5.41, 5.74) is 3.85. The Hall–Kier alpha value is -1.74. The van der Waals surface area contributed by atoms with E-state index in [1.807, 2.05) is 24.3 Å². The molecule has 0 aliphatic heterocycles. The normalized spacial score (nSPS) is 10.2. The summed E-state index contributed by atoms with van der Waals surface area (Å²) in [6.07, 6.45) is 1.79. The van der Waals surface area contributed by atoms with Crippen LogP contribution < -0.4 is 0 Å². The van der Waals surface area contributed by atoms with Crippen molar-refractivity contribution in [1.82, 2.24) is 0 Å². The van der Waals surface area contributed by atoms with Gasteiger partial charge in [0.2, 0.25) is 0 Å². The number of halogens is 1. The van der Waals surface area contributed by atoms with Crippen LogP contribution in [0.3, 0.4) is 0 Å². The number of benzene rings is 2. The molecule has 0 bridgehead atoms. The molecule has 0 amide bonds. The summed E-state index contributed by atoms with van der Waals surface area (Å²) in [5, 5.41) is 0. The first-order valence-corrected chi connectivity index (χ1v) is 8.48. The highest BCUT2D eigenvalue weighted by Crippen LogP contribution is 2.30. The molecule has 0 aliphatic carbocycles. The van der Waals surface area contributed by atoms with E-state index < -0.39 is 0 Å². The third-order valence-electron chi connectivity index (χ3n) is 3.51. The largest absolute Gasteiger partial charge is 0.298 e. The zero-order valence-corrected chi connectivity index (χ0v) is 15.6. The molecule has 2 aromatic rings. The predicted octanol–water partition coefficient (Wildman–Crippen LogP) is 6.01. The molecular weight excluding hydrogens is 352 g/mol. The molecule has 2 aromatic carbocycles. The topological polar surface area (TPSA) is 34.1 Å². The molecule has 0 saturated carbocycles. The molecule has 0 unspecified atom stereocenters. The van der Waals surface area contributed by atoms with Crippen LogP contribution in [-0.4, -0.2) is 12.6 Å². The van der Waals surface area contributed by atoms with Crippen molar-refractivity contribution in [2.75, 3.05) is 0 Å². The van der Waals surface area contributed by atoms with Gasteiger partial charge in [-0.3, -0.25) is 9.59 Å². The molecule has 3 heteroatoms. The number of rotatable bonds is 4. The van der Waals surface area contributed by atoms with Crippen molar-refractivity contribution in [3.05, 3.63) is 69.2 Å². The Morgan fingerprint density at radius 3 is 1.78 bits per heavy atom. The minimum Gasteiger partial charge on any atom is -0.298 e. The fraction of sp³-hybridized carbons (Fsp3) is 0.300. The van der Waals surface area contributed by atoms with Gasteiger partial charge in [-0.15, -0.1) is 0 Å². The summed E-state index contributed by atoms with van der Waals surface area (Å²) >= 11 is 3.56. The van der Waals surface area contributed by atoms with Gasteiger partial charge < -0.3 is 0 Å². The highest BCUT2D eigenvalue weighted by Gasteiger charge is 2.12. The van der Waals surface area contributed by atoms with Gasteiger partial charge in [-0.25, -0.2) is 0 Å². The van der Waals surface area contributed by atoms with Crippen molar-refractivity contribution in [3.8, 4) is 0 Å². The second-order valence-electron chi connectivity index (χ2n) is 5.96. The maximum absolute atomic E-state index is 11.0. The Labute approximate surface area is 147 Å². The average molecular weight is 375 g/mol. The van der Waals surface area contributed by atoms with E-state index in [0.29, 0.717) is 11.8 Å². The van der Waals surface area contributed by atoms with E-state index in [1.54, 1.807) is 12.1 Å². The zero-order chi connectivity index (χ0) is 17.4. The Morgan fingerprint density at radius 1 is 0.826 bits per heavy atom. The number of hydrogen-bond acceptors (Lipinski definition) is 2. The van der Waals surface area contributed by atoms with Crippen LogP contribution in [-0.2, 0) is 0 Å². The highest BCUT2D eigenvalue weighted by molar-refractivity contribution is 9.10. The monoisotopic (exact) mass is 374 g/mol. The standard InChI is InChI=1S/C13H17BrO.C7H6O/c1-8(2)11-6-13(14)12(9(3)4)5-10(11)7-15;8-6-7-4-2-1-3-5-7/h5-9H,1-4H3;1-6H. The molecule has 0 N–H and O–H groups in total. The quantitative estimate of drug-likeness (QED) is 0.614. The lowest BCUT2D eigenvalue weighted by Crippen LogP contribution is -1.99. The van der Waals surface area contributed by atoms with Crippen LogP contribution in [0, 0.1) is 0 Å². The molecule has 0 atom stereocenters. The summed E-state index contributed by atoms with van der Waals surface area (Å²) in [5.74, 6) is 0.807. The second-order valence-corrected chi connectivity index (χ2v) is 6.81. The van der Waals surface area contributed by atoms with E-state index in [0.717, 1.165) is 33.7 Å². The van der Waals surface area contributed by atoms with E-state index in [1.165, 1.54) is 5.56 Å². The van der Waals surface area contributed by atoms with Crippen LogP contribution in [0.2, 0.25) is 0 Å². The third kappa shape index (κ3) is 5.76. The fourth-order valence-corrected chi connectivity index (χ4v) is 3.02. The van der Waals surface area contributed by atoms with Crippen molar-refractivity contribution in [2.24, 2.45) is 0 Å². The first kappa shape index (κ1) is 19.3. The van der Waals surface area contributed by atoms with Crippen molar-refractivity contribution < 1.29 is 9.59 Å². The molecule has 0 saturated heterocycles. The SMILES string of the molecule is CC(C)c1cc(C=O)c(C(C)C)cc1Br.O=Cc1ccccc1. The third-order valence-corrected chi connectivity index (χ3v) is 4.20. The molecule has 122 valence electrons. The molecule has 0 spiro atoms. The predicted molar refractivity (Wildman–Crippen MR) is 99.5 cm³/mol. The van der Waals surface area contributed by atoms with Gasteiger partial charge >= 0.3 is 0 Å². The van der Waals surface area contributed by atoms with Crippen LogP contribution in [0.15, 0.2) is 46.9 Å². The van der Waals surface area contributed by atoms with Gasteiger partial charge in [-0.05, 0) is 35.1 Å². The zero-order valence-electron chi connectivity index (χ0n) is 14.0. The van der Waals surface area contributed by atoms with Crippen LogP contribution >= 0.6 is 15.9 Å². The van der Waals surface area contributed by atoms with E-state index in [2.05, 4.69) is 49.7 Å². The first-order valence-electron chi connectivity index (χ1n) is 7.69. The lowest BCUT2D eigenvalue weighted by atomic mass is 9.93. The van der Waals surface area contributed by atoms with Crippen molar-refractivity contribution in [1.29, 1.82) is 0 Å². The maximum atomic E-state index is 11.0. The molecule has 0 radical (unpaired) electrons. The molecular formula is C20H23BrO2. The van der Waals surface area contributed by atoms with Gasteiger partial charge in [0.25, 0.3) is 0 Å². The van der Waals surface area contributed by atoms with Crippen LogP contribution in [0.1, 0.15) is 71.4 Å². The van der Waals surface area contributed by atoms with Crippen molar-refractivity contribution >= 4 is 28.5 Å². The minimum absolute atomic E-state index is 0.378. The minimum atomic E-state index is 0.378. The van der Waals surface area contributed by atoms with E-state index in [4.69, 9.17) is 0 Å². The first-order chi connectivity index (χ1) is 10.9. The van der Waals surface area contributed by atoms with Gasteiger partial charge in [-0.1, -0.05) is 74.0 Å². The fourth-order valence-electron chi connectivity index (χ4n) is 2.20. The van der Waals surface area contributed by atoms with Gasteiger partial charge in [-0.2, -0.15) is 0 Å². The van der Waals surface area contributed by atoms with Gasteiger partial charge in [0, 0.05) is 15.6 Å². The summed E-state index contributed by atoms with van der Waals surface area (Å²) in [7, 11) is 0. The molecule has 0 aliphatic rings. The number of hydrogen-bond donors (Lipinski definition) is 0. The maximum Gasteiger partial charge on any atom is 0.150 e. The van der Waals surface area contributed by atoms with Gasteiger partial charge in [0.1, 0.15) is 12.6 Å². The van der Waals surface area contributed by atoms with Gasteiger partial charge in [0.15, 0.2) is 0 Å². The summed E-state index contributed by atoms with van der Waals surface area (Å²) in [4.78, 5) is 21.0. The highest BCUT2D eigenvalue weighted by atomic mass is 79.9. The number of carbonyl (C=O) groups excluding carboxylic acids is 2. The van der Waals surface area contributed by atoms with E-state index in [9.17, 15) is 9.59 Å².